The molecule has 3 rings (SSSR count). The first-order valence-corrected chi connectivity index (χ1v) is 6.25. The highest BCUT2D eigenvalue weighted by atomic mass is 32.2. The molecule has 0 saturated heterocycles. The second-order valence-electron chi connectivity index (χ2n) is 3.84. The van der Waals surface area contributed by atoms with Crippen LogP contribution in [0, 0.1) is 0 Å². The van der Waals surface area contributed by atoms with Gasteiger partial charge in [-0.25, -0.2) is 0 Å². The maximum atomic E-state index is 5.95. The third-order valence-electron chi connectivity index (χ3n) is 2.69. The maximum absolute atomic E-state index is 5.95. The number of hydrogen-bond acceptors (Lipinski definition) is 2. The van der Waals surface area contributed by atoms with Crippen LogP contribution < -0.4 is 5.73 Å². The molecule has 1 aromatic heterocycles. The molecule has 0 fully saturated rings. The van der Waals surface area contributed by atoms with Crippen LogP contribution in [0.25, 0.3) is 10.9 Å². The van der Waals surface area contributed by atoms with Gasteiger partial charge in [-0.3, -0.25) is 0 Å². The molecule has 0 bridgehead atoms. The summed E-state index contributed by atoms with van der Waals surface area (Å²) in [6.45, 7) is 0. The van der Waals surface area contributed by atoms with Gasteiger partial charge in [0.2, 0.25) is 0 Å². The van der Waals surface area contributed by atoms with Crippen LogP contribution in [0.5, 0.6) is 0 Å². The van der Waals surface area contributed by atoms with E-state index >= 15 is 0 Å². The Morgan fingerprint density at radius 3 is 2.53 bits per heavy atom. The number of para-hydroxylation sites is 2. The number of aromatic amines is 1. The van der Waals surface area contributed by atoms with Gasteiger partial charge in [-0.1, -0.05) is 42.1 Å². The van der Waals surface area contributed by atoms with Gasteiger partial charge < -0.3 is 10.7 Å². The fraction of sp³-hybridized carbons (Fsp3) is 0. The first-order chi connectivity index (χ1) is 8.34. The second kappa shape index (κ2) is 4.18. The summed E-state index contributed by atoms with van der Waals surface area (Å²) in [5, 5.41) is 1.24. The van der Waals surface area contributed by atoms with Crippen LogP contribution in [0.1, 0.15) is 0 Å². The summed E-state index contributed by atoms with van der Waals surface area (Å²) in [6.07, 6.45) is 2.03. The molecule has 17 heavy (non-hydrogen) atoms. The van der Waals surface area contributed by atoms with Crippen LogP contribution in [0.15, 0.2) is 64.5 Å². The molecule has 3 aromatic rings. The number of fused-ring (bicyclic) bond motifs is 1. The summed E-state index contributed by atoms with van der Waals surface area (Å²) in [5.74, 6) is 0. The van der Waals surface area contributed by atoms with Crippen molar-refractivity contribution < 1.29 is 0 Å². The number of nitrogen functional groups attached to an aromatic ring is 1. The second-order valence-corrected chi connectivity index (χ2v) is 4.92. The van der Waals surface area contributed by atoms with Crippen LogP contribution in [0.4, 0.5) is 5.69 Å². The number of benzene rings is 2. The van der Waals surface area contributed by atoms with E-state index in [1.54, 1.807) is 11.8 Å². The highest BCUT2D eigenvalue weighted by Gasteiger charge is 2.06. The number of anilines is 1. The highest BCUT2D eigenvalue weighted by molar-refractivity contribution is 7.99. The van der Waals surface area contributed by atoms with Gasteiger partial charge in [0.1, 0.15) is 0 Å². The normalized spacial score (nSPS) is 10.8. The zero-order chi connectivity index (χ0) is 11.7. The summed E-state index contributed by atoms with van der Waals surface area (Å²) in [6, 6.07) is 16.2. The monoisotopic (exact) mass is 240 g/mol. The maximum Gasteiger partial charge on any atom is 0.0465 e. The van der Waals surface area contributed by atoms with E-state index in [1.165, 1.54) is 10.3 Å². The predicted octanol–water partition coefficient (Wildman–Crippen LogP) is 3.90. The molecule has 0 atom stereocenters. The average molecular weight is 240 g/mol. The van der Waals surface area contributed by atoms with Crippen molar-refractivity contribution >= 4 is 28.4 Å². The van der Waals surface area contributed by atoms with E-state index in [2.05, 4.69) is 23.2 Å². The number of nitrogens with one attached hydrogen (secondary N) is 1. The molecular weight excluding hydrogens is 228 g/mol. The van der Waals surface area contributed by atoms with Gasteiger partial charge in [0.25, 0.3) is 0 Å². The Balaban J connectivity index is 2.03. The third kappa shape index (κ3) is 1.89. The molecule has 84 valence electrons. The first kappa shape index (κ1) is 10.3. The van der Waals surface area contributed by atoms with Crippen LogP contribution in [0.3, 0.4) is 0 Å². The minimum Gasteiger partial charge on any atom is -0.398 e. The van der Waals surface area contributed by atoms with Crippen molar-refractivity contribution in [2.24, 2.45) is 0 Å². The van der Waals surface area contributed by atoms with Gasteiger partial charge in [-0.05, 0) is 18.2 Å². The van der Waals surface area contributed by atoms with Gasteiger partial charge in [-0.2, -0.15) is 0 Å². The molecule has 0 spiro atoms. The Hall–Kier alpha value is -1.87. The van der Waals surface area contributed by atoms with Gasteiger partial charge in [-0.15, -0.1) is 0 Å². The van der Waals surface area contributed by atoms with Crippen LogP contribution in [-0.4, -0.2) is 4.98 Å². The van der Waals surface area contributed by atoms with Crippen LogP contribution >= 0.6 is 11.8 Å². The van der Waals surface area contributed by atoms with Gasteiger partial charge in [0.05, 0.1) is 0 Å². The number of hydrogen-bond donors (Lipinski definition) is 2. The Labute approximate surface area is 104 Å². The van der Waals surface area contributed by atoms with Crippen LogP contribution in [-0.2, 0) is 0 Å². The van der Waals surface area contributed by atoms with Gasteiger partial charge in [0.15, 0.2) is 0 Å². The van der Waals surface area contributed by atoms with E-state index in [0.29, 0.717) is 0 Å². The Morgan fingerprint density at radius 1 is 0.882 bits per heavy atom. The van der Waals surface area contributed by atoms with Crippen molar-refractivity contribution in [3.63, 3.8) is 0 Å². The molecule has 0 unspecified atom stereocenters. The smallest absolute Gasteiger partial charge is 0.0465 e. The molecule has 0 aliphatic rings. The molecule has 0 aliphatic carbocycles. The number of H-pyrrole nitrogens is 1. The molecule has 0 amide bonds. The largest absolute Gasteiger partial charge is 0.398 e. The lowest BCUT2D eigenvalue weighted by Crippen LogP contribution is -1.86. The zero-order valence-corrected chi connectivity index (χ0v) is 10.00. The molecule has 0 aliphatic heterocycles. The third-order valence-corrected chi connectivity index (χ3v) is 3.84. The van der Waals surface area contributed by atoms with Crippen LogP contribution in [0.2, 0.25) is 0 Å². The standard InChI is InChI=1S/C14H12N2S/c15-11-6-2-4-8-13(11)17-14-9-16-12-7-3-1-5-10(12)14/h1-9,16H,15H2. The average Bonchev–Trinajstić information content (AvgIpc) is 2.76. The fourth-order valence-electron chi connectivity index (χ4n) is 1.82. The molecule has 3 heteroatoms. The van der Waals surface area contributed by atoms with Gasteiger partial charge >= 0.3 is 0 Å². The predicted molar refractivity (Wildman–Crippen MR) is 73.3 cm³/mol. The molecule has 1 heterocycles. The lowest BCUT2D eigenvalue weighted by Gasteiger charge is -2.03. The molecule has 2 nitrogen and oxygen atoms in total. The van der Waals surface area contributed by atoms with Crippen molar-refractivity contribution in [3.8, 4) is 0 Å². The van der Waals surface area contributed by atoms with E-state index < -0.39 is 0 Å². The van der Waals surface area contributed by atoms with Crippen molar-refractivity contribution in [1.82, 2.24) is 4.98 Å². The molecule has 0 saturated carbocycles. The topological polar surface area (TPSA) is 41.8 Å². The Kier molecular flexibility index (Phi) is 2.53. The number of nitrogens with two attached hydrogens (primary N) is 1. The summed E-state index contributed by atoms with van der Waals surface area (Å²) in [4.78, 5) is 5.57. The SMILES string of the molecule is Nc1ccccc1Sc1c[nH]c2ccccc12. The van der Waals surface area contributed by atoms with Crippen molar-refractivity contribution in [3.05, 3.63) is 54.7 Å². The van der Waals surface area contributed by atoms with E-state index in [9.17, 15) is 0 Å². The summed E-state index contributed by atoms with van der Waals surface area (Å²) >= 11 is 1.69. The molecule has 0 radical (unpaired) electrons. The van der Waals surface area contributed by atoms with Crippen molar-refractivity contribution in [2.75, 3.05) is 5.73 Å². The summed E-state index contributed by atoms with van der Waals surface area (Å²) in [7, 11) is 0. The lowest BCUT2D eigenvalue weighted by molar-refractivity contribution is 1.40. The first-order valence-electron chi connectivity index (χ1n) is 5.43. The van der Waals surface area contributed by atoms with Crippen molar-refractivity contribution in [2.45, 2.75) is 9.79 Å². The minimum atomic E-state index is 0.822. The number of aromatic nitrogens is 1. The molecule has 2 aromatic carbocycles. The quantitative estimate of drug-likeness (QED) is 0.667. The van der Waals surface area contributed by atoms with E-state index in [-0.39, 0.29) is 0 Å². The fourth-order valence-corrected chi connectivity index (χ4v) is 2.80. The van der Waals surface area contributed by atoms with E-state index in [1.807, 2.05) is 36.5 Å². The molecular formula is C14H12N2S. The summed E-state index contributed by atoms with van der Waals surface area (Å²) < 4.78 is 0. The van der Waals surface area contributed by atoms with Gasteiger partial charge in [0, 0.05) is 32.6 Å². The Morgan fingerprint density at radius 2 is 1.65 bits per heavy atom. The lowest BCUT2D eigenvalue weighted by atomic mass is 10.2. The molecule has 3 N–H and O–H groups in total. The summed E-state index contributed by atoms with van der Waals surface area (Å²) in [5.41, 5.74) is 7.93. The van der Waals surface area contributed by atoms with Crippen molar-refractivity contribution in [1.29, 1.82) is 0 Å². The highest BCUT2D eigenvalue weighted by Crippen LogP contribution is 2.35. The van der Waals surface area contributed by atoms with E-state index in [4.69, 9.17) is 5.73 Å². The van der Waals surface area contributed by atoms with E-state index in [0.717, 1.165) is 16.1 Å². The minimum absolute atomic E-state index is 0.822. The number of rotatable bonds is 2. The Bertz CT molecular complexity index is 658. The zero-order valence-electron chi connectivity index (χ0n) is 9.18.